The largest absolute Gasteiger partial charge is 0.393 e. The maximum absolute atomic E-state index is 13.1. The van der Waals surface area contributed by atoms with Crippen LogP contribution in [0.2, 0.25) is 0 Å². The molecule has 0 aromatic carbocycles. The summed E-state index contributed by atoms with van der Waals surface area (Å²) >= 11 is 0. The summed E-state index contributed by atoms with van der Waals surface area (Å²) in [6, 6.07) is 3.23. The first-order valence-electron chi connectivity index (χ1n) is 7.11. The van der Waals surface area contributed by atoms with Gasteiger partial charge in [-0.05, 0) is 19.2 Å². The molecule has 23 heavy (non-hydrogen) atoms. The Bertz CT molecular complexity index is 729. The lowest BCUT2D eigenvalue weighted by Crippen LogP contribution is -2.36. The molecule has 3 heterocycles. The highest BCUT2D eigenvalue weighted by molar-refractivity contribution is 6.01. The summed E-state index contributed by atoms with van der Waals surface area (Å²) in [6.07, 6.45) is 0.196. The van der Waals surface area contributed by atoms with E-state index in [9.17, 15) is 18.0 Å². The number of likely N-dealkylation sites (tertiary alicyclic amines) is 1. The molecule has 2 aromatic heterocycles. The van der Waals surface area contributed by atoms with E-state index >= 15 is 0 Å². The average molecular weight is 324 g/mol. The van der Waals surface area contributed by atoms with Crippen LogP contribution in [0, 0.1) is 11.8 Å². The molecule has 122 valence electrons. The van der Waals surface area contributed by atoms with Crippen molar-refractivity contribution in [3.8, 4) is 0 Å². The van der Waals surface area contributed by atoms with E-state index < -0.39 is 23.9 Å². The molecule has 1 saturated heterocycles. The SMILES string of the molecule is CN1C[C@@H](C(F)(F)F)[C@H](C(=O)Nc2ccnc3ccncc23)C1. The molecule has 0 aliphatic carbocycles. The molecule has 1 N–H and O–H groups in total. The van der Waals surface area contributed by atoms with Crippen molar-refractivity contribution in [3.63, 3.8) is 0 Å². The third kappa shape index (κ3) is 3.12. The van der Waals surface area contributed by atoms with Crippen molar-refractivity contribution in [2.75, 3.05) is 25.5 Å². The van der Waals surface area contributed by atoms with Crippen LogP contribution in [0.15, 0.2) is 30.7 Å². The Morgan fingerprint density at radius 1 is 1.30 bits per heavy atom. The normalized spacial score (nSPS) is 22.4. The van der Waals surface area contributed by atoms with Crippen LogP contribution in [0.1, 0.15) is 0 Å². The van der Waals surface area contributed by atoms with Crippen LogP contribution in [0.25, 0.3) is 10.9 Å². The van der Waals surface area contributed by atoms with Crippen LogP contribution < -0.4 is 5.32 Å². The van der Waals surface area contributed by atoms with Crippen molar-refractivity contribution < 1.29 is 18.0 Å². The highest BCUT2D eigenvalue weighted by Crippen LogP contribution is 2.37. The van der Waals surface area contributed by atoms with Gasteiger partial charge in [0.25, 0.3) is 0 Å². The van der Waals surface area contributed by atoms with E-state index in [1.54, 1.807) is 25.4 Å². The number of nitrogens with one attached hydrogen (secondary N) is 1. The number of pyridine rings is 2. The third-order valence-corrected chi connectivity index (χ3v) is 4.06. The Kier molecular flexibility index (Phi) is 3.93. The molecule has 0 unspecified atom stereocenters. The predicted molar refractivity (Wildman–Crippen MR) is 78.7 cm³/mol. The van der Waals surface area contributed by atoms with Crippen molar-refractivity contribution in [2.24, 2.45) is 11.8 Å². The molecular formula is C15H15F3N4O. The lowest BCUT2D eigenvalue weighted by Gasteiger charge is -2.21. The number of amides is 1. The van der Waals surface area contributed by atoms with Gasteiger partial charge in [0.15, 0.2) is 0 Å². The summed E-state index contributed by atoms with van der Waals surface area (Å²) in [4.78, 5) is 22.0. The number of rotatable bonds is 2. The van der Waals surface area contributed by atoms with Gasteiger partial charge in [-0.15, -0.1) is 0 Å². The number of aromatic nitrogens is 2. The minimum absolute atomic E-state index is 0.0806. The molecule has 0 bridgehead atoms. The molecule has 1 fully saturated rings. The lowest BCUT2D eigenvalue weighted by molar-refractivity contribution is -0.182. The lowest BCUT2D eigenvalue weighted by atomic mass is 9.94. The molecule has 1 aliphatic heterocycles. The summed E-state index contributed by atoms with van der Waals surface area (Å²) < 4.78 is 39.3. The van der Waals surface area contributed by atoms with Crippen molar-refractivity contribution in [3.05, 3.63) is 30.7 Å². The van der Waals surface area contributed by atoms with Crippen LogP contribution in [0.3, 0.4) is 0 Å². The maximum atomic E-state index is 13.1. The van der Waals surface area contributed by atoms with Gasteiger partial charge in [-0.3, -0.25) is 14.8 Å². The van der Waals surface area contributed by atoms with Gasteiger partial charge >= 0.3 is 6.18 Å². The Balaban J connectivity index is 1.86. The smallest absolute Gasteiger partial charge is 0.325 e. The van der Waals surface area contributed by atoms with E-state index in [2.05, 4.69) is 15.3 Å². The molecule has 8 heteroatoms. The minimum atomic E-state index is -4.39. The molecule has 2 atom stereocenters. The van der Waals surface area contributed by atoms with Gasteiger partial charge in [-0.1, -0.05) is 0 Å². The van der Waals surface area contributed by atoms with Crippen LogP contribution in [-0.4, -0.2) is 47.1 Å². The molecule has 0 saturated carbocycles. The van der Waals surface area contributed by atoms with Gasteiger partial charge in [-0.2, -0.15) is 13.2 Å². The Morgan fingerprint density at radius 3 is 2.83 bits per heavy atom. The zero-order valence-electron chi connectivity index (χ0n) is 12.3. The minimum Gasteiger partial charge on any atom is -0.325 e. The highest BCUT2D eigenvalue weighted by Gasteiger charge is 2.51. The predicted octanol–water partition coefficient (Wildman–Crippen LogP) is 2.31. The van der Waals surface area contributed by atoms with E-state index in [-0.39, 0.29) is 13.1 Å². The third-order valence-electron chi connectivity index (χ3n) is 4.06. The van der Waals surface area contributed by atoms with Crippen molar-refractivity contribution in [2.45, 2.75) is 6.18 Å². The fourth-order valence-corrected chi connectivity index (χ4v) is 2.92. The molecule has 2 aromatic rings. The number of carbonyl (C=O) groups excluding carboxylic acids is 1. The Morgan fingerprint density at radius 2 is 2.09 bits per heavy atom. The molecule has 5 nitrogen and oxygen atoms in total. The summed E-state index contributed by atoms with van der Waals surface area (Å²) in [5.74, 6) is -3.41. The van der Waals surface area contributed by atoms with E-state index in [1.807, 2.05) is 0 Å². The van der Waals surface area contributed by atoms with Gasteiger partial charge in [0.05, 0.1) is 23.0 Å². The van der Waals surface area contributed by atoms with Crippen molar-refractivity contribution in [1.29, 1.82) is 0 Å². The summed E-state index contributed by atoms with van der Waals surface area (Å²) in [6.45, 7) is -0.0858. The zero-order chi connectivity index (χ0) is 16.6. The number of carbonyl (C=O) groups is 1. The molecule has 3 rings (SSSR count). The van der Waals surface area contributed by atoms with E-state index in [1.165, 1.54) is 17.3 Å². The first-order valence-corrected chi connectivity index (χ1v) is 7.11. The average Bonchev–Trinajstić information content (AvgIpc) is 2.90. The van der Waals surface area contributed by atoms with E-state index in [0.717, 1.165) is 0 Å². The number of nitrogens with zero attached hydrogens (tertiary/aromatic N) is 3. The number of halogens is 3. The first kappa shape index (κ1) is 15.7. The van der Waals surface area contributed by atoms with Gasteiger partial charge in [0, 0.05) is 37.1 Å². The second kappa shape index (κ2) is 5.77. The Hall–Kier alpha value is -2.22. The second-order valence-corrected chi connectivity index (χ2v) is 5.72. The quantitative estimate of drug-likeness (QED) is 0.921. The Labute approximate surface area is 130 Å². The number of hydrogen-bond acceptors (Lipinski definition) is 4. The van der Waals surface area contributed by atoms with Crippen LogP contribution in [0.5, 0.6) is 0 Å². The zero-order valence-corrected chi connectivity index (χ0v) is 12.3. The number of hydrogen-bond donors (Lipinski definition) is 1. The van der Waals surface area contributed by atoms with Crippen LogP contribution >= 0.6 is 0 Å². The maximum Gasteiger partial charge on any atom is 0.393 e. The molecule has 1 amide bonds. The van der Waals surface area contributed by atoms with E-state index in [0.29, 0.717) is 16.6 Å². The number of alkyl halides is 3. The van der Waals surface area contributed by atoms with Crippen LogP contribution in [-0.2, 0) is 4.79 Å². The monoisotopic (exact) mass is 324 g/mol. The molecule has 0 spiro atoms. The fraction of sp³-hybridized carbons (Fsp3) is 0.400. The van der Waals surface area contributed by atoms with Crippen molar-refractivity contribution in [1.82, 2.24) is 14.9 Å². The second-order valence-electron chi connectivity index (χ2n) is 5.72. The fourth-order valence-electron chi connectivity index (χ4n) is 2.92. The van der Waals surface area contributed by atoms with Crippen LogP contribution in [0.4, 0.5) is 18.9 Å². The molecule has 0 radical (unpaired) electrons. The van der Waals surface area contributed by atoms with Crippen molar-refractivity contribution >= 4 is 22.5 Å². The van der Waals surface area contributed by atoms with Gasteiger partial charge < -0.3 is 10.2 Å². The summed E-state index contributed by atoms with van der Waals surface area (Å²) in [7, 11) is 1.58. The highest BCUT2D eigenvalue weighted by atomic mass is 19.4. The molecular weight excluding hydrogens is 309 g/mol. The number of fused-ring (bicyclic) bond motifs is 1. The van der Waals surface area contributed by atoms with Gasteiger partial charge in [0.2, 0.25) is 5.91 Å². The topological polar surface area (TPSA) is 58.1 Å². The first-order chi connectivity index (χ1) is 10.9. The standard InChI is InChI=1S/C15H15F3N4O/c1-22-7-10(11(8-22)15(16,17)18)14(23)21-13-3-5-20-12-2-4-19-6-9(12)13/h2-6,10-11H,7-8H2,1H3,(H,20,21,23)/t10-,11-/m1/s1. The number of anilines is 1. The summed E-state index contributed by atoms with van der Waals surface area (Å²) in [5, 5.41) is 3.20. The van der Waals surface area contributed by atoms with E-state index in [4.69, 9.17) is 0 Å². The summed E-state index contributed by atoms with van der Waals surface area (Å²) in [5.41, 5.74) is 1.04. The molecule has 1 aliphatic rings. The van der Waals surface area contributed by atoms with Gasteiger partial charge in [-0.25, -0.2) is 0 Å². The van der Waals surface area contributed by atoms with Gasteiger partial charge in [0.1, 0.15) is 0 Å².